The monoisotopic (exact) mass is 142 g/mol. The predicted molar refractivity (Wildman–Crippen MR) is 45.7 cm³/mol. The third kappa shape index (κ3) is 3.38. The van der Waals surface area contributed by atoms with Gasteiger partial charge in [-0.25, -0.2) is 0 Å². The molecule has 0 spiro atoms. The molecule has 2 nitrogen and oxygen atoms in total. The zero-order valence-corrected chi connectivity index (χ0v) is 7.22. The second-order valence-corrected chi connectivity index (χ2v) is 1.90. The molecule has 0 saturated heterocycles. The Morgan fingerprint density at radius 1 is 1.50 bits per heavy atom. The molecule has 60 valence electrons. The van der Waals surface area contributed by atoms with Gasteiger partial charge in [-0.15, -0.1) is 0 Å². The molecule has 0 aromatic rings. The molecule has 0 radical (unpaired) electrons. The van der Waals surface area contributed by atoms with Crippen LogP contribution in [0.15, 0.2) is 12.4 Å². The number of rotatable bonds is 1. The fourth-order valence-electron chi connectivity index (χ4n) is 0.788. The first-order chi connectivity index (χ1) is 4.93. The third-order valence-corrected chi connectivity index (χ3v) is 1.35. The van der Waals surface area contributed by atoms with Gasteiger partial charge < -0.3 is 10.2 Å². The molecular formula is C8H18N2. The molecule has 1 rings (SSSR count). The molecular weight excluding hydrogens is 124 g/mol. The van der Waals surface area contributed by atoms with E-state index in [0.717, 1.165) is 19.6 Å². The summed E-state index contributed by atoms with van der Waals surface area (Å²) in [5, 5.41) is 3.13. The van der Waals surface area contributed by atoms with E-state index in [1.165, 1.54) is 0 Å². The summed E-state index contributed by atoms with van der Waals surface area (Å²) in [4.78, 5) is 2.27. The molecule has 1 heterocycles. The number of hydrogen-bond donors (Lipinski definition) is 1. The van der Waals surface area contributed by atoms with Gasteiger partial charge in [0.25, 0.3) is 0 Å². The molecule has 0 aliphatic carbocycles. The normalized spacial score (nSPS) is 15.3. The van der Waals surface area contributed by atoms with E-state index in [2.05, 4.69) is 23.3 Å². The van der Waals surface area contributed by atoms with Crippen LogP contribution in [0.3, 0.4) is 0 Å². The Hall–Kier alpha value is -0.660. The maximum atomic E-state index is 3.13. The molecule has 0 aromatic carbocycles. The Morgan fingerprint density at radius 3 is 2.50 bits per heavy atom. The SMILES string of the molecule is CC.CCN1C=CNCC1. The number of hydrogen-bond acceptors (Lipinski definition) is 2. The molecule has 2 heteroatoms. The number of nitrogens with zero attached hydrogens (tertiary/aromatic N) is 1. The second-order valence-electron chi connectivity index (χ2n) is 1.90. The summed E-state index contributed by atoms with van der Waals surface area (Å²) in [6.45, 7) is 9.52. The Kier molecular flexibility index (Phi) is 6.03. The Bertz CT molecular complexity index is 89.3. The van der Waals surface area contributed by atoms with E-state index in [1.54, 1.807) is 0 Å². The minimum absolute atomic E-state index is 1.09. The fourth-order valence-corrected chi connectivity index (χ4v) is 0.788. The average Bonchev–Trinajstić information content (AvgIpc) is 2.10. The molecule has 0 saturated carbocycles. The summed E-state index contributed by atoms with van der Waals surface area (Å²) in [6.07, 6.45) is 4.08. The maximum Gasteiger partial charge on any atom is 0.0346 e. The first kappa shape index (κ1) is 9.34. The second kappa shape index (κ2) is 6.46. The Labute approximate surface area is 63.9 Å². The van der Waals surface area contributed by atoms with E-state index < -0.39 is 0 Å². The van der Waals surface area contributed by atoms with E-state index in [1.807, 2.05) is 20.0 Å². The van der Waals surface area contributed by atoms with Crippen molar-refractivity contribution in [1.82, 2.24) is 10.2 Å². The van der Waals surface area contributed by atoms with Crippen molar-refractivity contribution in [3.63, 3.8) is 0 Å². The van der Waals surface area contributed by atoms with Crippen LogP contribution in [0.2, 0.25) is 0 Å². The molecule has 10 heavy (non-hydrogen) atoms. The van der Waals surface area contributed by atoms with E-state index >= 15 is 0 Å². The highest BCUT2D eigenvalue weighted by molar-refractivity contribution is 4.85. The van der Waals surface area contributed by atoms with Gasteiger partial charge in [-0.2, -0.15) is 0 Å². The minimum Gasteiger partial charge on any atom is -0.388 e. The summed E-state index contributed by atoms with van der Waals surface area (Å²) in [5.41, 5.74) is 0. The number of nitrogens with one attached hydrogen (secondary N) is 1. The van der Waals surface area contributed by atoms with Crippen LogP contribution in [0.5, 0.6) is 0 Å². The lowest BCUT2D eigenvalue weighted by atomic mass is 10.4. The largest absolute Gasteiger partial charge is 0.388 e. The van der Waals surface area contributed by atoms with E-state index in [9.17, 15) is 0 Å². The van der Waals surface area contributed by atoms with Crippen LogP contribution < -0.4 is 5.32 Å². The summed E-state index contributed by atoms with van der Waals surface area (Å²) < 4.78 is 0. The zero-order valence-electron chi connectivity index (χ0n) is 7.22. The first-order valence-corrected chi connectivity index (χ1v) is 4.07. The lowest BCUT2D eigenvalue weighted by Crippen LogP contribution is -2.30. The summed E-state index contributed by atoms with van der Waals surface area (Å²) >= 11 is 0. The van der Waals surface area contributed by atoms with Crippen LogP contribution in [0.4, 0.5) is 0 Å². The van der Waals surface area contributed by atoms with E-state index in [0.29, 0.717) is 0 Å². The summed E-state index contributed by atoms with van der Waals surface area (Å²) in [6, 6.07) is 0. The van der Waals surface area contributed by atoms with E-state index in [4.69, 9.17) is 0 Å². The van der Waals surface area contributed by atoms with Crippen molar-refractivity contribution in [2.45, 2.75) is 20.8 Å². The van der Waals surface area contributed by atoms with Crippen molar-refractivity contribution in [2.24, 2.45) is 0 Å². The molecule has 0 atom stereocenters. The van der Waals surface area contributed by atoms with Gasteiger partial charge in [-0.3, -0.25) is 0 Å². The lowest BCUT2D eigenvalue weighted by molar-refractivity contribution is 0.378. The van der Waals surface area contributed by atoms with Gasteiger partial charge in [0.05, 0.1) is 0 Å². The molecule has 0 unspecified atom stereocenters. The van der Waals surface area contributed by atoms with Crippen molar-refractivity contribution in [3.8, 4) is 0 Å². The van der Waals surface area contributed by atoms with Gasteiger partial charge in [0, 0.05) is 32.0 Å². The van der Waals surface area contributed by atoms with Crippen molar-refractivity contribution in [3.05, 3.63) is 12.4 Å². The van der Waals surface area contributed by atoms with Gasteiger partial charge >= 0.3 is 0 Å². The Morgan fingerprint density at radius 2 is 2.20 bits per heavy atom. The molecule has 1 N–H and O–H groups in total. The quantitative estimate of drug-likeness (QED) is 0.595. The van der Waals surface area contributed by atoms with Crippen LogP contribution in [-0.4, -0.2) is 24.5 Å². The topological polar surface area (TPSA) is 15.3 Å². The van der Waals surface area contributed by atoms with Crippen molar-refractivity contribution < 1.29 is 0 Å². The first-order valence-electron chi connectivity index (χ1n) is 4.07. The summed E-state index contributed by atoms with van der Waals surface area (Å²) in [7, 11) is 0. The number of likely N-dealkylation sites (N-methyl/N-ethyl adjacent to an activating group) is 1. The molecule has 0 amide bonds. The maximum absolute atomic E-state index is 3.13. The molecule has 0 aromatic heterocycles. The molecule has 0 bridgehead atoms. The highest BCUT2D eigenvalue weighted by Gasteiger charge is 1.96. The molecule has 1 aliphatic heterocycles. The van der Waals surface area contributed by atoms with Crippen molar-refractivity contribution >= 4 is 0 Å². The highest BCUT2D eigenvalue weighted by Crippen LogP contribution is 1.90. The van der Waals surface area contributed by atoms with Crippen LogP contribution in [0, 0.1) is 0 Å². The van der Waals surface area contributed by atoms with Gasteiger partial charge in [-0.05, 0) is 6.92 Å². The minimum atomic E-state index is 1.09. The highest BCUT2D eigenvalue weighted by atomic mass is 15.1. The molecule has 1 aliphatic rings. The lowest BCUT2D eigenvalue weighted by Gasteiger charge is -2.21. The fraction of sp³-hybridized carbons (Fsp3) is 0.750. The van der Waals surface area contributed by atoms with Gasteiger partial charge in [0.15, 0.2) is 0 Å². The van der Waals surface area contributed by atoms with Crippen molar-refractivity contribution in [2.75, 3.05) is 19.6 Å². The smallest absolute Gasteiger partial charge is 0.0346 e. The van der Waals surface area contributed by atoms with Gasteiger partial charge in [0.2, 0.25) is 0 Å². The summed E-state index contributed by atoms with van der Waals surface area (Å²) in [5.74, 6) is 0. The average molecular weight is 142 g/mol. The van der Waals surface area contributed by atoms with Gasteiger partial charge in [-0.1, -0.05) is 13.8 Å². The predicted octanol–water partition coefficient (Wildman–Crippen LogP) is 1.41. The van der Waals surface area contributed by atoms with Gasteiger partial charge in [0.1, 0.15) is 0 Å². The molecule has 0 fully saturated rings. The van der Waals surface area contributed by atoms with Crippen molar-refractivity contribution in [1.29, 1.82) is 0 Å². The zero-order chi connectivity index (χ0) is 7.82. The van der Waals surface area contributed by atoms with Crippen LogP contribution in [-0.2, 0) is 0 Å². The van der Waals surface area contributed by atoms with E-state index in [-0.39, 0.29) is 0 Å². The van der Waals surface area contributed by atoms with Crippen LogP contribution >= 0.6 is 0 Å². The Balaban J connectivity index is 0.000000371. The van der Waals surface area contributed by atoms with Crippen LogP contribution in [0.25, 0.3) is 0 Å². The third-order valence-electron chi connectivity index (χ3n) is 1.35. The van der Waals surface area contributed by atoms with Crippen LogP contribution in [0.1, 0.15) is 20.8 Å². The standard InChI is InChI=1S/C6H12N2.C2H6/c1-2-8-5-3-7-4-6-8;1-2/h3,5,7H,2,4,6H2,1H3;1-2H3.